The summed E-state index contributed by atoms with van der Waals surface area (Å²) in [6.07, 6.45) is 9.99. The van der Waals surface area contributed by atoms with Crippen LogP contribution in [0.5, 0.6) is 0 Å². The molecular formula is C30H33ClN4O2S. The van der Waals surface area contributed by atoms with E-state index in [0.717, 1.165) is 63.0 Å². The van der Waals surface area contributed by atoms with Crippen LogP contribution < -0.4 is 4.90 Å². The first-order chi connectivity index (χ1) is 18.4. The summed E-state index contributed by atoms with van der Waals surface area (Å²) in [4.78, 5) is 37.7. The molecule has 1 aliphatic carbocycles. The van der Waals surface area contributed by atoms with Gasteiger partial charge in [0, 0.05) is 56.9 Å². The second kappa shape index (κ2) is 10.3. The molecule has 1 aromatic carbocycles. The Morgan fingerprint density at radius 2 is 1.71 bits per heavy atom. The van der Waals surface area contributed by atoms with E-state index >= 15 is 0 Å². The second-order valence-corrected chi connectivity index (χ2v) is 12.7. The molecule has 1 unspecified atom stereocenters. The lowest BCUT2D eigenvalue weighted by Gasteiger charge is -2.47. The number of likely N-dealkylation sites (tertiary alicyclic amines) is 1. The molecule has 2 aromatic heterocycles. The van der Waals surface area contributed by atoms with Gasteiger partial charge in [-0.3, -0.25) is 14.6 Å². The predicted molar refractivity (Wildman–Crippen MR) is 152 cm³/mol. The quantitative estimate of drug-likeness (QED) is 0.396. The lowest BCUT2D eigenvalue weighted by atomic mass is 9.71. The van der Waals surface area contributed by atoms with Gasteiger partial charge >= 0.3 is 0 Å². The molecule has 6 nitrogen and oxygen atoms in total. The maximum absolute atomic E-state index is 13.6. The van der Waals surface area contributed by atoms with Gasteiger partial charge in [-0.25, -0.2) is 0 Å². The van der Waals surface area contributed by atoms with Gasteiger partial charge in [0.15, 0.2) is 0 Å². The van der Waals surface area contributed by atoms with Crippen molar-refractivity contribution in [1.29, 1.82) is 0 Å². The normalized spacial score (nSPS) is 20.4. The third-order valence-electron chi connectivity index (χ3n) is 8.97. The topological polar surface area (TPSA) is 56.8 Å². The first-order valence-electron chi connectivity index (χ1n) is 13.5. The lowest BCUT2D eigenvalue weighted by molar-refractivity contribution is 0.0515. The molecule has 2 aliphatic heterocycles. The van der Waals surface area contributed by atoms with Gasteiger partial charge in [-0.1, -0.05) is 17.7 Å². The molecule has 0 bridgehead atoms. The molecule has 1 spiro atoms. The first-order valence-corrected chi connectivity index (χ1v) is 14.7. The van der Waals surface area contributed by atoms with E-state index in [2.05, 4.69) is 28.1 Å². The molecule has 2 amide bonds. The number of amides is 2. The second-order valence-electron chi connectivity index (χ2n) is 11.0. The number of pyridine rings is 1. The fraction of sp³-hybridized carbons (Fsp3) is 0.433. The van der Waals surface area contributed by atoms with Crippen LogP contribution in [0.15, 0.2) is 54.9 Å². The molecule has 38 heavy (non-hydrogen) atoms. The van der Waals surface area contributed by atoms with Crippen molar-refractivity contribution >= 4 is 40.4 Å². The van der Waals surface area contributed by atoms with Crippen molar-refractivity contribution in [3.05, 3.63) is 80.8 Å². The van der Waals surface area contributed by atoms with Crippen LogP contribution in [0.4, 0.5) is 5.69 Å². The van der Waals surface area contributed by atoms with Crippen LogP contribution in [0.1, 0.15) is 69.3 Å². The van der Waals surface area contributed by atoms with Crippen LogP contribution in [0.25, 0.3) is 0 Å². The fourth-order valence-electron chi connectivity index (χ4n) is 6.52. The Hall–Kier alpha value is -2.90. The molecule has 0 saturated carbocycles. The molecule has 3 aromatic rings. The zero-order valence-corrected chi connectivity index (χ0v) is 23.3. The number of thiophene rings is 1. The van der Waals surface area contributed by atoms with Gasteiger partial charge in [-0.05, 0) is 91.5 Å². The van der Waals surface area contributed by atoms with Crippen LogP contribution in [0.2, 0.25) is 4.34 Å². The average molecular weight is 549 g/mol. The Morgan fingerprint density at radius 1 is 1.00 bits per heavy atom. The minimum absolute atomic E-state index is 0.0206. The van der Waals surface area contributed by atoms with E-state index in [-0.39, 0.29) is 17.9 Å². The largest absolute Gasteiger partial charge is 0.371 e. The van der Waals surface area contributed by atoms with Crippen molar-refractivity contribution in [3.63, 3.8) is 0 Å². The number of anilines is 1. The summed E-state index contributed by atoms with van der Waals surface area (Å²) < 4.78 is 0.615. The van der Waals surface area contributed by atoms with Gasteiger partial charge in [-0.15, -0.1) is 11.3 Å². The van der Waals surface area contributed by atoms with Crippen LogP contribution in [-0.2, 0) is 6.42 Å². The van der Waals surface area contributed by atoms with Gasteiger partial charge in [-0.2, -0.15) is 0 Å². The van der Waals surface area contributed by atoms with E-state index in [1.807, 2.05) is 41.4 Å². The van der Waals surface area contributed by atoms with Crippen molar-refractivity contribution in [2.24, 2.45) is 5.41 Å². The Balaban J connectivity index is 1.09. The number of rotatable bonds is 4. The third-order valence-corrected chi connectivity index (χ3v) is 10.2. The Labute approximate surface area is 233 Å². The van der Waals surface area contributed by atoms with Crippen molar-refractivity contribution < 1.29 is 9.59 Å². The smallest absolute Gasteiger partial charge is 0.264 e. The Bertz CT molecular complexity index is 1330. The SMILES string of the molecule is CN(C(=O)c1ccc(Cl)s1)C1CCc2ccc(C(=O)N3CCC4(CC3)CCN(c3ccncc3)CC4)cc21. The summed E-state index contributed by atoms with van der Waals surface area (Å²) in [6, 6.07) is 13.8. The lowest BCUT2D eigenvalue weighted by Crippen LogP contribution is -2.48. The zero-order chi connectivity index (χ0) is 26.3. The summed E-state index contributed by atoms with van der Waals surface area (Å²) in [5.74, 6) is 0.0920. The number of piperidine rings is 2. The van der Waals surface area contributed by atoms with E-state index in [4.69, 9.17) is 11.6 Å². The number of carbonyl (C=O) groups excluding carboxylic acids is 2. The van der Waals surface area contributed by atoms with E-state index < -0.39 is 0 Å². The number of benzene rings is 1. The molecule has 3 aliphatic rings. The standard InChI is InChI=1S/C30H33ClN4O2S/c1-33(29(37)26-6-7-27(31)38-26)25-5-4-21-2-3-22(20-24(21)25)28(36)35-18-12-30(13-19-35)10-16-34(17-11-30)23-8-14-32-15-9-23/h2-3,6-9,14-15,20,25H,4-5,10-13,16-19H2,1H3. The van der Waals surface area contributed by atoms with Gasteiger partial charge in [0.2, 0.25) is 0 Å². The van der Waals surface area contributed by atoms with Crippen LogP contribution in [0, 0.1) is 5.41 Å². The van der Waals surface area contributed by atoms with Crippen LogP contribution >= 0.6 is 22.9 Å². The number of nitrogens with zero attached hydrogens (tertiary/aromatic N) is 4. The van der Waals surface area contributed by atoms with Crippen LogP contribution in [0.3, 0.4) is 0 Å². The summed E-state index contributed by atoms with van der Waals surface area (Å²) in [5, 5.41) is 0. The number of hydrogen-bond donors (Lipinski definition) is 0. The summed E-state index contributed by atoms with van der Waals surface area (Å²) in [7, 11) is 1.86. The highest BCUT2D eigenvalue weighted by molar-refractivity contribution is 7.17. The van der Waals surface area contributed by atoms with Crippen molar-refractivity contribution in [3.8, 4) is 0 Å². The number of hydrogen-bond acceptors (Lipinski definition) is 5. The highest BCUT2D eigenvalue weighted by Crippen LogP contribution is 2.43. The van der Waals surface area contributed by atoms with E-state index in [0.29, 0.717) is 14.6 Å². The van der Waals surface area contributed by atoms with Gasteiger partial charge in [0.1, 0.15) is 0 Å². The monoisotopic (exact) mass is 548 g/mol. The maximum Gasteiger partial charge on any atom is 0.264 e. The molecule has 2 fully saturated rings. The number of aryl methyl sites for hydroxylation is 1. The molecule has 1 atom stereocenters. The Kier molecular flexibility index (Phi) is 6.91. The van der Waals surface area contributed by atoms with Crippen molar-refractivity contribution in [2.45, 2.75) is 44.6 Å². The minimum atomic E-state index is -0.0265. The molecule has 0 N–H and O–H groups in total. The number of fused-ring (bicyclic) bond motifs is 1. The number of halogens is 1. The average Bonchev–Trinajstić information content (AvgIpc) is 3.59. The maximum atomic E-state index is 13.6. The molecule has 198 valence electrons. The molecular weight excluding hydrogens is 516 g/mol. The molecule has 4 heterocycles. The van der Waals surface area contributed by atoms with Gasteiger partial charge < -0.3 is 14.7 Å². The highest BCUT2D eigenvalue weighted by Gasteiger charge is 2.39. The Morgan fingerprint density at radius 3 is 2.39 bits per heavy atom. The molecule has 2 saturated heterocycles. The van der Waals surface area contributed by atoms with Gasteiger partial charge in [0.25, 0.3) is 11.8 Å². The summed E-state index contributed by atoms with van der Waals surface area (Å²) in [5.41, 5.74) is 4.67. The summed E-state index contributed by atoms with van der Waals surface area (Å²) in [6.45, 7) is 3.75. The highest BCUT2D eigenvalue weighted by atomic mass is 35.5. The molecule has 0 radical (unpaired) electrons. The van der Waals surface area contributed by atoms with Crippen molar-refractivity contribution in [1.82, 2.24) is 14.8 Å². The fourth-order valence-corrected chi connectivity index (χ4v) is 7.55. The van der Waals surface area contributed by atoms with Crippen LogP contribution in [-0.4, -0.2) is 59.8 Å². The van der Waals surface area contributed by atoms with Crippen molar-refractivity contribution in [2.75, 3.05) is 38.1 Å². The molecule has 8 heteroatoms. The molecule has 6 rings (SSSR count). The summed E-state index contributed by atoms with van der Waals surface area (Å²) >= 11 is 7.37. The van der Waals surface area contributed by atoms with E-state index in [1.165, 1.54) is 35.4 Å². The number of aromatic nitrogens is 1. The third kappa shape index (κ3) is 4.82. The first kappa shape index (κ1) is 25.4. The number of carbonyl (C=O) groups is 2. The van der Waals surface area contributed by atoms with Gasteiger partial charge in [0.05, 0.1) is 15.3 Å². The minimum Gasteiger partial charge on any atom is -0.371 e. The van der Waals surface area contributed by atoms with E-state index in [9.17, 15) is 9.59 Å². The zero-order valence-electron chi connectivity index (χ0n) is 21.7. The van der Waals surface area contributed by atoms with E-state index in [1.54, 1.807) is 12.1 Å². The predicted octanol–water partition coefficient (Wildman–Crippen LogP) is 6.08.